The Labute approximate surface area is 200 Å². The van der Waals surface area contributed by atoms with Gasteiger partial charge in [0, 0.05) is 44.5 Å². The smallest absolute Gasteiger partial charge is 0.222 e. The van der Waals surface area contributed by atoms with Gasteiger partial charge in [-0.15, -0.1) is 0 Å². The number of hydrogen-bond acceptors (Lipinski definition) is 3. The van der Waals surface area contributed by atoms with Crippen LogP contribution in [0.3, 0.4) is 0 Å². The summed E-state index contributed by atoms with van der Waals surface area (Å²) in [5.74, 6) is 0.896. The number of piperidine rings is 1. The molecule has 1 saturated carbocycles. The zero-order valence-corrected chi connectivity index (χ0v) is 20.2. The van der Waals surface area contributed by atoms with Gasteiger partial charge in [-0.2, -0.15) is 0 Å². The van der Waals surface area contributed by atoms with Gasteiger partial charge in [0.1, 0.15) is 0 Å². The van der Waals surface area contributed by atoms with E-state index in [9.17, 15) is 4.79 Å². The minimum Gasteiger partial charge on any atom is -0.338 e. The van der Waals surface area contributed by atoms with Crippen molar-refractivity contribution in [3.8, 4) is 0 Å². The molecule has 2 aliphatic rings. The molecule has 0 bridgehead atoms. The van der Waals surface area contributed by atoms with Crippen LogP contribution in [0.2, 0.25) is 0 Å². The van der Waals surface area contributed by atoms with Crippen molar-refractivity contribution >= 4 is 5.91 Å². The van der Waals surface area contributed by atoms with Gasteiger partial charge in [0.25, 0.3) is 0 Å². The molecular formula is C29H41N3O. The van der Waals surface area contributed by atoms with Crippen molar-refractivity contribution in [3.63, 3.8) is 0 Å². The van der Waals surface area contributed by atoms with Crippen LogP contribution in [0.1, 0.15) is 75.3 Å². The van der Waals surface area contributed by atoms with Crippen LogP contribution < -0.4 is 0 Å². The number of aryl methyl sites for hydroxylation is 1. The second kappa shape index (κ2) is 12.9. The Hall–Kier alpha value is -2.20. The van der Waals surface area contributed by atoms with Gasteiger partial charge >= 0.3 is 0 Å². The Bertz CT molecular complexity index is 819. The van der Waals surface area contributed by atoms with Gasteiger partial charge in [0.15, 0.2) is 0 Å². The fourth-order valence-corrected chi connectivity index (χ4v) is 5.71. The van der Waals surface area contributed by atoms with Crippen LogP contribution >= 0.6 is 0 Å². The number of carbonyl (C=O) groups excluding carboxylic acids is 1. The lowest BCUT2D eigenvalue weighted by Crippen LogP contribution is -2.47. The van der Waals surface area contributed by atoms with E-state index in [-0.39, 0.29) is 0 Å². The van der Waals surface area contributed by atoms with Crippen molar-refractivity contribution in [1.29, 1.82) is 0 Å². The first-order valence-corrected chi connectivity index (χ1v) is 13.2. The summed E-state index contributed by atoms with van der Waals surface area (Å²) in [4.78, 5) is 22.5. The van der Waals surface area contributed by atoms with E-state index in [1.165, 1.54) is 57.1 Å². The number of likely N-dealkylation sites (tertiary alicyclic amines) is 1. The molecule has 0 radical (unpaired) electrons. The second-order valence-corrected chi connectivity index (χ2v) is 10.1. The molecule has 1 unspecified atom stereocenters. The van der Waals surface area contributed by atoms with Crippen LogP contribution in [0.25, 0.3) is 0 Å². The first-order chi connectivity index (χ1) is 16.3. The molecule has 1 aromatic carbocycles. The normalized spacial score (nSPS) is 19.9. The van der Waals surface area contributed by atoms with E-state index in [2.05, 4.69) is 51.2 Å². The molecule has 4 nitrogen and oxygen atoms in total. The van der Waals surface area contributed by atoms with Crippen LogP contribution in [0, 0.1) is 5.92 Å². The minimum atomic E-state index is 0.307. The quantitative estimate of drug-likeness (QED) is 0.428. The summed E-state index contributed by atoms with van der Waals surface area (Å²) >= 11 is 0. The van der Waals surface area contributed by atoms with Crippen molar-refractivity contribution in [2.24, 2.45) is 5.92 Å². The molecule has 1 saturated heterocycles. The standard InChI is InChI=1S/C29H41N3O/c33-29(18-8-7-13-25-11-3-1-4-12-25)32(22-26-14-9-19-30-21-26)24-27-15-10-20-31(23-27)28-16-5-2-6-17-28/h1,3-4,9,11-12,14,19,21,27-28H,2,5-8,10,13,15-18,20,22-24H2. The van der Waals surface area contributed by atoms with Crippen molar-refractivity contribution in [1.82, 2.24) is 14.8 Å². The van der Waals surface area contributed by atoms with Crippen molar-refractivity contribution in [2.45, 2.75) is 83.2 Å². The van der Waals surface area contributed by atoms with Crippen LogP contribution in [0.4, 0.5) is 0 Å². The summed E-state index contributed by atoms with van der Waals surface area (Å²) < 4.78 is 0. The van der Waals surface area contributed by atoms with Gasteiger partial charge in [0.2, 0.25) is 5.91 Å². The summed E-state index contributed by atoms with van der Waals surface area (Å²) in [6.07, 6.45) is 16.9. The lowest BCUT2D eigenvalue weighted by molar-refractivity contribution is -0.133. The summed E-state index contributed by atoms with van der Waals surface area (Å²) in [6.45, 7) is 3.98. The highest BCUT2D eigenvalue weighted by molar-refractivity contribution is 5.76. The maximum atomic E-state index is 13.3. The van der Waals surface area contributed by atoms with Crippen molar-refractivity contribution in [2.75, 3.05) is 19.6 Å². The monoisotopic (exact) mass is 447 g/mol. The Morgan fingerprint density at radius 2 is 1.76 bits per heavy atom. The van der Waals surface area contributed by atoms with E-state index >= 15 is 0 Å². The average molecular weight is 448 g/mol. The Morgan fingerprint density at radius 3 is 2.55 bits per heavy atom. The first kappa shape index (κ1) is 23.9. The van der Waals surface area contributed by atoms with E-state index in [4.69, 9.17) is 0 Å². The Kier molecular flexibility index (Phi) is 9.35. The molecule has 4 rings (SSSR count). The topological polar surface area (TPSA) is 36.4 Å². The van der Waals surface area contributed by atoms with Gasteiger partial charge in [-0.05, 0) is 74.6 Å². The maximum Gasteiger partial charge on any atom is 0.222 e. The van der Waals surface area contributed by atoms with Gasteiger partial charge < -0.3 is 9.80 Å². The number of unbranched alkanes of at least 4 members (excludes halogenated alkanes) is 1. The number of rotatable bonds is 10. The van der Waals surface area contributed by atoms with Gasteiger partial charge in [-0.25, -0.2) is 0 Å². The highest BCUT2D eigenvalue weighted by Crippen LogP contribution is 2.28. The van der Waals surface area contributed by atoms with Crippen molar-refractivity contribution in [3.05, 3.63) is 66.0 Å². The molecule has 2 fully saturated rings. The largest absolute Gasteiger partial charge is 0.338 e. The average Bonchev–Trinajstić information content (AvgIpc) is 2.88. The zero-order valence-electron chi connectivity index (χ0n) is 20.2. The number of benzene rings is 1. The highest BCUT2D eigenvalue weighted by atomic mass is 16.2. The summed E-state index contributed by atoms with van der Waals surface area (Å²) in [5.41, 5.74) is 2.50. The molecule has 1 aliphatic carbocycles. The van der Waals surface area contributed by atoms with Crippen LogP contribution in [0.5, 0.6) is 0 Å². The molecule has 1 atom stereocenters. The number of hydrogen-bond donors (Lipinski definition) is 0. The van der Waals surface area contributed by atoms with Gasteiger partial charge in [-0.1, -0.05) is 55.7 Å². The number of carbonyl (C=O) groups is 1. The molecule has 4 heteroatoms. The molecule has 33 heavy (non-hydrogen) atoms. The Morgan fingerprint density at radius 1 is 0.939 bits per heavy atom. The molecule has 0 N–H and O–H groups in total. The molecule has 2 aromatic rings. The number of nitrogens with zero attached hydrogens (tertiary/aromatic N) is 3. The van der Waals surface area contributed by atoms with E-state index in [1.54, 1.807) is 0 Å². The van der Waals surface area contributed by atoms with Crippen LogP contribution in [0.15, 0.2) is 54.9 Å². The fourth-order valence-electron chi connectivity index (χ4n) is 5.71. The third kappa shape index (κ3) is 7.67. The molecule has 0 spiro atoms. The third-order valence-corrected chi connectivity index (χ3v) is 7.52. The first-order valence-electron chi connectivity index (χ1n) is 13.2. The summed E-state index contributed by atoms with van der Waals surface area (Å²) in [7, 11) is 0. The molecule has 1 aromatic heterocycles. The van der Waals surface area contributed by atoms with E-state index in [1.807, 2.05) is 18.5 Å². The molecule has 178 valence electrons. The maximum absolute atomic E-state index is 13.3. The summed E-state index contributed by atoms with van der Waals surface area (Å²) in [5, 5.41) is 0. The van der Waals surface area contributed by atoms with E-state index in [0.29, 0.717) is 24.8 Å². The number of amides is 1. The molecule has 1 aliphatic heterocycles. The molecular weight excluding hydrogens is 406 g/mol. The number of aromatic nitrogens is 1. The minimum absolute atomic E-state index is 0.307. The zero-order chi connectivity index (χ0) is 22.7. The SMILES string of the molecule is O=C(CCCCc1ccccc1)N(Cc1cccnc1)CC1CCCN(C2CCCCC2)C1. The number of pyridine rings is 1. The fraction of sp³-hybridized carbons (Fsp3) is 0.586. The van der Waals surface area contributed by atoms with Crippen LogP contribution in [-0.2, 0) is 17.8 Å². The Balaban J connectivity index is 1.32. The second-order valence-electron chi connectivity index (χ2n) is 10.1. The van der Waals surface area contributed by atoms with Gasteiger partial charge in [0.05, 0.1) is 0 Å². The van der Waals surface area contributed by atoms with E-state index in [0.717, 1.165) is 44.0 Å². The predicted octanol–water partition coefficient (Wildman–Crippen LogP) is 5.87. The van der Waals surface area contributed by atoms with E-state index < -0.39 is 0 Å². The highest BCUT2D eigenvalue weighted by Gasteiger charge is 2.29. The third-order valence-electron chi connectivity index (χ3n) is 7.52. The predicted molar refractivity (Wildman–Crippen MR) is 135 cm³/mol. The van der Waals surface area contributed by atoms with Gasteiger partial charge in [-0.3, -0.25) is 9.78 Å². The van der Waals surface area contributed by atoms with Crippen LogP contribution in [-0.4, -0.2) is 46.4 Å². The molecule has 2 heterocycles. The lowest BCUT2D eigenvalue weighted by Gasteiger charge is -2.41. The van der Waals surface area contributed by atoms with Crippen molar-refractivity contribution < 1.29 is 4.79 Å². The summed E-state index contributed by atoms with van der Waals surface area (Å²) in [6, 6.07) is 15.5. The lowest BCUT2D eigenvalue weighted by atomic mass is 9.90. The molecule has 1 amide bonds.